The van der Waals surface area contributed by atoms with Gasteiger partial charge in [0.15, 0.2) is 0 Å². The van der Waals surface area contributed by atoms with Gasteiger partial charge in [0, 0.05) is 56.5 Å². The van der Waals surface area contributed by atoms with E-state index in [0.717, 1.165) is 42.3 Å². The minimum absolute atomic E-state index is 0.210. The predicted molar refractivity (Wildman–Crippen MR) is 125 cm³/mol. The van der Waals surface area contributed by atoms with Crippen molar-refractivity contribution in [3.05, 3.63) is 58.6 Å². The van der Waals surface area contributed by atoms with Crippen LogP contribution in [0.5, 0.6) is 11.5 Å². The number of rotatable bonds is 6. The molecule has 4 rings (SSSR count). The number of hydrogen-bond acceptors (Lipinski definition) is 5. The van der Waals surface area contributed by atoms with Crippen LogP contribution in [0, 0.1) is 0 Å². The first-order chi connectivity index (χ1) is 15.6. The first-order valence-electron chi connectivity index (χ1n) is 11.1. The smallest absolute Gasteiger partial charge is 0.233 e. The molecule has 0 radical (unpaired) electrons. The summed E-state index contributed by atoms with van der Waals surface area (Å²) in [6.07, 6.45) is 1.41. The van der Waals surface area contributed by atoms with Crippen molar-refractivity contribution in [1.82, 2.24) is 9.80 Å². The molecule has 0 unspecified atom stereocenters. The molecule has 2 aromatic rings. The van der Waals surface area contributed by atoms with Gasteiger partial charge < -0.3 is 19.1 Å². The molecule has 2 aliphatic rings. The standard InChI is InChI=1S/C25H31ClN2O4/c1-30-22-7-8-23(31-2)19(17-22)18-27-11-13-28(14-12-27)24(29)25(9-15-32-16-10-25)20-3-5-21(26)6-4-20/h3-8,17H,9-16,18H2,1-2H3. The second-order valence-electron chi connectivity index (χ2n) is 8.45. The second kappa shape index (κ2) is 10.1. The summed E-state index contributed by atoms with van der Waals surface area (Å²) in [4.78, 5) is 18.2. The molecule has 0 saturated carbocycles. The third-order valence-electron chi connectivity index (χ3n) is 6.69. The van der Waals surface area contributed by atoms with Crippen molar-refractivity contribution in [2.75, 3.05) is 53.6 Å². The Balaban J connectivity index is 1.45. The molecule has 0 N–H and O–H groups in total. The molecule has 0 aromatic heterocycles. The fraction of sp³-hybridized carbons (Fsp3) is 0.480. The first-order valence-corrected chi connectivity index (χ1v) is 11.5. The molecule has 0 atom stereocenters. The number of piperazine rings is 1. The maximum Gasteiger partial charge on any atom is 0.233 e. The lowest BCUT2D eigenvalue weighted by Crippen LogP contribution is -2.55. The van der Waals surface area contributed by atoms with Crippen molar-refractivity contribution >= 4 is 17.5 Å². The summed E-state index contributed by atoms with van der Waals surface area (Å²) in [5, 5.41) is 0.685. The van der Waals surface area contributed by atoms with Crippen molar-refractivity contribution in [2.45, 2.75) is 24.8 Å². The van der Waals surface area contributed by atoms with E-state index in [0.29, 0.717) is 44.2 Å². The number of hydrogen-bond donors (Lipinski definition) is 0. The fourth-order valence-corrected chi connectivity index (χ4v) is 4.90. The number of methoxy groups -OCH3 is 2. The molecular formula is C25H31ClN2O4. The zero-order valence-corrected chi connectivity index (χ0v) is 19.6. The van der Waals surface area contributed by atoms with E-state index in [2.05, 4.69) is 4.90 Å². The molecule has 0 aliphatic carbocycles. The van der Waals surface area contributed by atoms with Crippen LogP contribution >= 0.6 is 11.6 Å². The Hall–Kier alpha value is -2.28. The minimum Gasteiger partial charge on any atom is -0.497 e. The Morgan fingerprint density at radius 2 is 1.69 bits per heavy atom. The van der Waals surface area contributed by atoms with E-state index in [4.69, 9.17) is 25.8 Å². The number of carbonyl (C=O) groups excluding carboxylic acids is 1. The van der Waals surface area contributed by atoms with Crippen LogP contribution in [0.15, 0.2) is 42.5 Å². The zero-order chi connectivity index (χ0) is 22.6. The minimum atomic E-state index is -0.527. The van der Waals surface area contributed by atoms with Crippen molar-refractivity contribution < 1.29 is 19.0 Å². The van der Waals surface area contributed by atoms with Gasteiger partial charge in [0.1, 0.15) is 11.5 Å². The van der Waals surface area contributed by atoms with E-state index in [-0.39, 0.29) is 5.91 Å². The Kier molecular flexibility index (Phi) is 7.23. The molecule has 1 amide bonds. The summed E-state index contributed by atoms with van der Waals surface area (Å²) in [5.41, 5.74) is 1.61. The number of amides is 1. The highest BCUT2D eigenvalue weighted by molar-refractivity contribution is 6.30. The van der Waals surface area contributed by atoms with E-state index in [1.54, 1.807) is 14.2 Å². The van der Waals surface area contributed by atoms with Crippen LogP contribution in [-0.2, 0) is 21.5 Å². The molecule has 6 nitrogen and oxygen atoms in total. The molecule has 0 bridgehead atoms. The Labute approximate surface area is 195 Å². The summed E-state index contributed by atoms with van der Waals surface area (Å²) in [6.45, 7) is 5.02. The van der Waals surface area contributed by atoms with E-state index in [1.165, 1.54) is 0 Å². The molecule has 7 heteroatoms. The van der Waals surface area contributed by atoms with Gasteiger partial charge in [-0.1, -0.05) is 23.7 Å². The number of carbonyl (C=O) groups is 1. The highest BCUT2D eigenvalue weighted by atomic mass is 35.5. The van der Waals surface area contributed by atoms with Crippen molar-refractivity contribution in [3.8, 4) is 11.5 Å². The highest BCUT2D eigenvalue weighted by Crippen LogP contribution is 2.37. The predicted octanol–water partition coefficient (Wildman–Crippen LogP) is 3.75. The van der Waals surface area contributed by atoms with Crippen LogP contribution in [0.3, 0.4) is 0 Å². The maximum atomic E-state index is 13.8. The summed E-state index contributed by atoms with van der Waals surface area (Å²) in [7, 11) is 3.36. The molecule has 0 spiro atoms. The van der Waals surface area contributed by atoms with Crippen LogP contribution in [0.4, 0.5) is 0 Å². The van der Waals surface area contributed by atoms with Gasteiger partial charge in [0.05, 0.1) is 19.6 Å². The number of nitrogens with zero attached hydrogens (tertiary/aromatic N) is 2. The van der Waals surface area contributed by atoms with Gasteiger partial charge in [-0.2, -0.15) is 0 Å². The Morgan fingerprint density at radius 1 is 1.00 bits per heavy atom. The van der Waals surface area contributed by atoms with E-state index in [9.17, 15) is 4.79 Å². The molecule has 172 valence electrons. The molecule has 2 aliphatic heterocycles. The third-order valence-corrected chi connectivity index (χ3v) is 6.95. The van der Waals surface area contributed by atoms with Crippen molar-refractivity contribution in [2.24, 2.45) is 0 Å². The maximum absolute atomic E-state index is 13.8. The quantitative estimate of drug-likeness (QED) is 0.659. The zero-order valence-electron chi connectivity index (χ0n) is 18.8. The van der Waals surface area contributed by atoms with Gasteiger partial charge in [-0.05, 0) is 48.7 Å². The Bertz CT molecular complexity index is 920. The average molecular weight is 459 g/mol. The molecule has 2 saturated heterocycles. The lowest BCUT2D eigenvalue weighted by atomic mass is 9.73. The van der Waals surface area contributed by atoms with E-state index >= 15 is 0 Å². The normalized spacial score (nSPS) is 18.9. The Morgan fingerprint density at radius 3 is 2.31 bits per heavy atom. The SMILES string of the molecule is COc1ccc(OC)c(CN2CCN(C(=O)C3(c4ccc(Cl)cc4)CCOCC3)CC2)c1. The highest BCUT2D eigenvalue weighted by Gasteiger charge is 2.44. The first kappa shape index (κ1) is 22.9. The van der Waals surface area contributed by atoms with Gasteiger partial charge in [0.2, 0.25) is 5.91 Å². The van der Waals surface area contributed by atoms with Gasteiger partial charge in [-0.3, -0.25) is 9.69 Å². The second-order valence-corrected chi connectivity index (χ2v) is 8.88. The average Bonchev–Trinajstić information content (AvgIpc) is 2.85. The number of halogens is 1. The summed E-state index contributed by atoms with van der Waals surface area (Å²) < 4.78 is 16.5. The van der Waals surface area contributed by atoms with Crippen LogP contribution in [0.1, 0.15) is 24.0 Å². The lowest BCUT2D eigenvalue weighted by Gasteiger charge is -2.43. The van der Waals surface area contributed by atoms with Crippen LogP contribution < -0.4 is 9.47 Å². The van der Waals surface area contributed by atoms with Crippen LogP contribution in [0.25, 0.3) is 0 Å². The van der Waals surface area contributed by atoms with E-state index < -0.39 is 5.41 Å². The van der Waals surface area contributed by atoms with Gasteiger partial charge in [-0.25, -0.2) is 0 Å². The molecule has 32 heavy (non-hydrogen) atoms. The van der Waals surface area contributed by atoms with Gasteiger partial charge >= 0.3 is 0 Å². The lowest BCUT2D eigenvalue weighted by molar-refractivity contribution is -0.143. The third kappa shape index (κ3) is 4.72. The summed E-state index contributed by atoms with van der Waals surface area (Å²) in [6, 6.07) is 13.6. The number of ether oxygens (including phenoxy) is 3. The molecule has 2 aromatic carbocycles. The summed E-state index contributed by atoms with van der Waals surface area (Å²) >= 11 is 6.11. The van der Waals surface area contributed by atoms with Crippen molar-refractivity contribution in [3.63, 3.8) is 0 Å². The fourth-order valence-electron chi connectivity index (χ4n) is 4.77. The summed E-state index contributed by atoms with van der Waals surface area (Å²) in [5.74, 6) is 1.88. The monoisotopic (exact) mass is 458 g/mol. The van der Waals surface area contributed by atoms with Crippen LogP contribution in [0.2, 0.25) is 5.02 Å². The topological polar surface area (TPSA) is 51.2 Å². The molecular weight excluding hydrogens is 428 g/mol. The molecule has 2 fully saturated rings. The van der Waals surface area contributed by atoms with Gasteiger partial charge in [-0.15, -0.1) is 0 Å². The van der Waals surface area contributed by atoms with Crippen LogP contribution in [-0.4, -0.2) is 69.3 Å². The number of benzene rings is 2. The van der Waals surface area contributed by atoms with Crippen molar-refractivity contribution in [1.29, 1.82) is 0 Å². The van der Waals surface area contributed by atoms with Gasteiger partial charge in [0.25, 0.3) is 0 Å². The molecule has 2 heterocycles. The van der Waals surface area contributed by atoms with E-state index in [1.807, 2.05) is 47.4 Å². The largest absolute Gasteiger partial charge is 0.497 e.